The van der Waals surface area contributed by atoms with Crippen LogP contribution in [0.25, 0.3) is 0 Å². The summed E-state index contributed by atoms with van der Waals surface area (Å²) < 4.78 is 9.71. The molecule has 156 valence electrons. The largest absolute Gasteiger partial charge is 0.394 e. The van der Waals surface area contributed by atoms with E-state index in [4.69, 9.17) is 19.7 Å². The first-order valence-corrected chi connectivity index (χ1v) is 7.56. The Bertz CT molecular complexity index is 315. The van der Waals surface area contributed by atoms with Crippen LogP contribution in [-0.4, -0.2) is 87.7 Å². The summed E-state index contributed by atoms with van der Waals surface area (Å²) in [4.78, 5) is 30.0. The van der Waals surface area contributed by atoms with Gasteiger partial charge in [0.1, 0.15) is 0 Å². The van der Waals surface area contributed by atoms with Crippen molar-refractivity contribution in [3.05, 3.63) is 13.8 Å². The molecule has 5 N–H and O–H groups in total. The molecule has 0 unspecified atom stereocenters. The second-order valence-corrected chi connectivity index (χ2v) is 4.18. The molecule has 0 aliphatic heterocycles. The average molecular weight is 543 g/mol. The van der Waals surface area contributed by atoms with Crippen LogP contribution in [-0.2, 0) is 89.3 Å². The van der Waals surface area contributed by atoms with Gasteiger partial charge in [0.15, 0.2) is 0 Å². The summed E-state index contributed by atoms with van der Waals surface area (Å²) in [5.41, 5.74) is 0. The number of hydrogen-bond acceptors (Lipinski definition) is 7. The quantitative estimate of drug-likeness (QED) is 0.153. The number of rotatable bonds is 10. The first-order chi connectivity index (χ1) is 11.8. The number of carbonyl (C=O) groups is 3. The molecule has 0 fully saturated rings. The molecule has 27 heavy (non-hydrogen) atoms. The van der Waals surface area contributed by atoms with E-state index in [2.05, 4.69) is 29.8 Å². The zero-order valence-electron chi connectivity index (χ0n) is 16.2. The third kappa shape index (κ3) is 58.5. The molecule has 0 aromatic carbocycles. The van der Waals surface area contributed by atoms with E-state index in [1.54, 1.807) is 0 Å². The third-order valence-corrected chi connectivity index (χ3v) is 1.94. The van der Waals surface area contributed by atoms with Gasteiger partial charge in [0.25, 0.3) is 0 Å². The Kier molecular flexibility index (Phi) is 47.4. The topological polar surface area (TPSA) is 146 Å². The van der Waals surface area contributed by atoms with Crippen molar-refractivity contribution in [2.75, 3.05) is 59.8 Å². The molecule has 0 spiro atoms. The summed E-state index contributed by atoms with van der Waals surface area (Å²) in [6.07, 6.45) is 0. The number of ether oxygens (including phenoxy) is 2. The van der Waals surface area contributed by atoms with Gasteiger partial charge in [-0.25, -0.2) is 0 Å². The maximum Gasteiger partial charge on any atom is 0.216 e. The zero-order chi connectivity index (χ0) is 19.9. The van der Waals surface area contributed by atoms with Crippen LogP contribution in [0.3, 0.4) is 0 Å². The summed E-state index contributed by atoms with van der Waals surface area (Å²) in [5.74, 6) is -0.620. The molecular weight excluding hydrogens is 512 g/mol. The maximum absolute atomic E-state index is 10.3. The predicted octanol–water partition coefficient (Wildman–Crippen LogP) is -2.36. The normalized spacial score (nSPS) is 8.15. The van der Waals surface area contributed by atoms with Crippen molar-refractivity contribution >= 4 is 17.7 Å². The molecule has 10 nitrogen and oxygen atoms in total. The first kappa shape index (κ1) is 37.9. The average Bonchev–Trinajstić information content (AvgIpc) is 2.55. The smallest absolute Gasteiger partial charge is 0.216 e. The first-order valence-electron chi connectivity index (χ1n) is 7.56. The van der Waals surface area contributed by atoms with E-state index in [1.807, 2.05) is 0 Å². The Morgan fingerprint density at radius 2 is 1.19 bits per heavy atom. The molecule has 0 rings (SSSR count). The van der Waals surface area contributed by atoms with Crippen molar-refractivity contribution in [1.82, 2.24) is 16.0 Å². The fourth-order valence-electron chi connectivity index (χ4n) is 0.895. The van der Waals surface area contributed by atoms with Gasteiger partial charge in [0.2, 0.25) is 5.91 Å². The molecule has 3 amide bonds. The van der Waals surface area contributed by atoms with E-state index in [9.17, 15) is 14.4 Å². The standard InChI is InChI=1S/C6H13NO3.C6H12NO3.C3H6NO.2Y/c2*1-6(9)7-2-4-10-5-3-8;1-3(5)4-2;;/h8H,2-5H2,1H3,(H,7,9);8H,1-5H2,(H,7,9);1H2,2H3,(H,4,5);;/q;2*-1;;. The molecule has 0 bridgehead atoms. The zero-order valence-corrected chi connectivity index (χ0v) is 21.8. The molecule has 0 aliphatic rings. The molecule has 12 heteroatoms. The number of amides is 3. The minimum atomic E-state index is -0.312. The summed E-state index contributed by atoms with van der Waals surface area (Å²) in [7, 11) is 1.54. The molecule has 0 aromatic heterocycles. The molecule has 0 aromatic rings. The number of aliphatic hydroxyl groups is 2. The fourth-order valence-corrected chi connectivity index (χ4v) is 0.895. The van der Waals surface area contributed by atoms with Crippen LogP contribution in [0.4, 0.5) is 0 Å². The Morgan fingerprint density at radius 3 is 1.44 bits per heavy atom. The molecular formula is C15H31N3O7Y2-2. The Labute approximate surface area is 212 Å². The van der Waals surface area contributed by atoms with Gasteiger partial charge in [0.05, 0.1) is 51.5 Å². The predicted molar refractivity (Wildman–Crippen MR) is 92.3 cm³/mol. The SMILES string of the molecule is CC(=O)NCCOCCO.[CH2-]C(=O)NC.[CH2-]C(=O)NCCOCCO.[Y].[Y]. The minimum absolute atomic E-state index is 0. The van der Waals surface area contributed by atoms with Crippen molar-refractivity contribution in [3.63, 3.8) is 0 Å². The van der Waals surface area contributed by atoms with Gasteiger partial charge in [-0.2, -0.15) is 0 Å². The van der Waals surface area contributed by atoms with Crippen molar-refractivity contribution in [2.45, 2.75) is 6.92 Å². The number of hydrogen-bond donors (Lipinski definition) is 5. The van der Waals surface area contributed by atoms with Gasteiger partial charge in [-0.1, -0.05) is 0 Å². The van der Waals surface area contributed by atoms with Crippen LogP contribution in [0.15, 0.2) is 0 Å². The third-order valence-electron chi connectivity index (χ3n) is 1.94. The van der Waals surface area contributed by atoms with Gasteiger partial charge in [-0.3, -0.25) is 4.79 Å². The van der Waals surface area contributed by atoms with Gasteiger partial charge in [-0.15, -0.1) is 0 Å². The molecule has 0 heterocycles. The fraction of sp³-hybridized carbons (Fsp3) is 0.667. The van der Waals surface area contributed by atoms with Crippen LogP contribution in [0, 0.1) is 13.8 Å². The Hall–Kier alpha value is 0.198. The molecule has 0 atom stereocenters. The second kappa shape index (κ2) is 33.8. The van der Waals surface area contributed by atoms with Gasteiger partial charge >= 0.3 is 0 Å². The van der Waals surface area contributed by atoms with E-state index in [0.717, 1.165) is 0 Å². The van der Waals surface area contributed by atoms with Crippen molar-refractivity contribution in [3.8, 4) is 0 Å². The van der Waals surface area contributed by atoms with Gasteiger partial charge in [-0.05, 0) is 0 Å². The number of nitrogens with one attached hydrogen (secondary N) is 3. The summed E-state index contributed by atoms with van der Waals surface area (Å²) in [6, 6.07) is 0. The Morgan fingerprint density at radius 1 is 0.815 bits per heavy atom. The monoisotopic (exact) mass is 543 g/mol. The Balaban J connectivity index is -0.0000000910. The summed E-state index contributed by atoms with van der Waals surface area (Å²) in [6.45, 7) is 10.1. The second-order valence-electron chi connectivity index (χ2n) is 4.18. The van der Waals surface area contributed by atoms with E-state index >= 15 is 0 Å². The number of carbonyl (C=O) groups excluding carboxylic acids is 3. The van der Waals surface area contributed by atoms with E-state index in [-0.39, 0.29) is 96.4 Å². The van der Waals surface area contributed by atoms with Crippen molar-refractivity contribution < 1.29 is 99.5 Å². The van der Waals surface area contributed by atoms with E-state index in [0.29, 0.717) is 39.5 Å². The van der Waals surface area contributed by atoms with E-state index < -0.39 is 0 Å². The molecule has 2 radical (unpaired) electrons. The van der Waals surface area contributed by atoms with Crippen LogP contribution < -0.4 is 16.0 Å². The van der Waals surface area contributed by atoms with Crippen LogP contribution in [0.2, 0.25) is 0 Å². The van der Waals surface area contributed by atoms with Crippen LogP contribution in [0.5, 0.6) is 0 Å². The minimum Gasteiger partial charge on any atom is -0.394 e. The van der Waals surface area contributed by atoms with Gasteiger partial charge in [0, 0.05) is 92.5 Å². The maximum atomic E-state index is 10.3. The molecule has 0 saturated heterocycles. The summed E-state index contributed by atoms with van der Waals surface area (Å²) in [5, 5.41) is 23.8. The number of aliphatic hydroxyl groups excluding tert-OH is 2. The molecule has 0 aliphatic carbocycles. The van der Waals surface area contributed by atoms with E-state index in [1.165, 1.54) is 14.0 Å². The van der Waals surface area contributed by atoms with Crippen molar-refractivity contribution in [1.29, 1.82) is 0 Å². The van der Waals surface area contributed by atoms with Crippen LogP contribution >= 0.6 is 0 Å². The summed E-state index contributed by atoms with van der Waals surface area (Å²) >= 11 is 0. The molecule has 0 saturated carbocycles. The van der Waals surface area contributed by atoms with Crippen LogP contribution in [0.1, 0.15) is 6.92 Å². The van der Waals surface area contributed by atoms with Crippen molar-refractivity contribution in [2.24, 2.45) is 0 Å². The van der Waals surface area contributed by atoms with Gasteiger partial charge < -0.3 is 59.1 Å².